The van der Waals surface area contributed by atoms with Crippen molar-refractivity contribution in [2.75, 3.05) is 34.5 Å². The van der Waals surface area contributed by atoms with E-state index in [0.29, 0.717) is 6.61 Å². The number of hydrogen-bond donors (Lipinski definition) is 1. The first-order chi connectivity index (χ1) is 9.26. The maximum absolute atomic E-state index is 5.69. The van der Waals surface area contributed by atoms with Crippen molar-refractivity contribution in [3.05, 3.63) is 23.8 Å². The Bertz CT molecular complexity index is 368. The maximum Gasteiger partial charge on any atom is 0.127 e. The monoisotopic (exact) mass is 267 g/mol. The van der Waals surface area contributed by atoms with E-state index in [1.807, 2.05) is 25.2 Å². The summed E-state index contributed by atoms with van der Waals surface area (Å²) in [6.07, 6.45) is 2.24. The number of hydrogen-bond acceptors (Lipinski definition) is 4. The van der Waals surface area contributed by atoms with Crippen molar-refractivity contribution in [3.8, 4) is 11.5 Å². The SMILES string of the molecule is CCCCOCC(NC)c1ccc(OC)cc1OC. The smallest absolute Gasteiger partial charge is 0.127 e. The second kappa shape index (κ2) is 8.77. The molecule has 1 atom stereocenters. The standard InChI is InChI=1S/C15H25NO3/c1-5-6-9-19-11-14(16-2)13-8-7-12(17-3)10-15(13)18-4/h7-8,10,14,16H,5-6,9,11H2,1-4H3. The largest absolute Gasteiger partial charge is 0.497 e. The van der Waals surface area contributed by atoms with Gasteiger partial charge in [-0.15, -0.1) is 0 Å². The van der Waals surface area contributed by atoms with E-state index < -0.39 is 0 Å². The highest BCUT2D eigenvalue weighted by atomic mass is 16.5. The van der Waals surface area contributed by atoms with Crippen LogP contribution in [0.4, 0.5) is 0 Å². The van der Waals surface area contributed by atoms with Crippen molar-refractivity contribution in [2.45, 2.75) is 25.8 Å². The van der Waals surface area contributed by atoms with Crippen molar-refractivity contribution in [2.24, 2.45) is 0 Å². The van der Waals surface area contributed by atoms with E-state index in [1.54, 1.807) is 14.2 Å². The first-order valence-corrected chi connectivity index (χ1v) is 6.73. The molecule has 1 aromatic rings. The van der Waals surface area contributed by atoms with E-state index in [-0.39, 0.29) is 6.04 Å². The van der Waals surface area contributed by atoms with Crippen LogP contribution in [-0.4, -0.2) is 34.5 Å². The lowest BCUT2D eigenvalue weighted by Crippen LogP contribution is -2.22. The molecule has 1 unspecified atom stereocenters. The summed E-state index contributed by atoms with van der Waals surface area (Å²) < 4.78 is 16.3. The van der Waals surface area contributed by atoms with Crippen LogP contribution < -0.4 is 14.8 Å². The van der Waals surface area contributed by atoms with Gasteiger partial charge in [-0.05, 0) is 25.6 Å². The molecule has 0 saturated heterocycles. The van der Waals surface area contributed by atoms with Crippen LogP contribution in [0, 0.1) is 0 Å². The van der Waals surface area contributed by atoms with Crippen LogP contribution in [0.25, 0.3) is 0 Å². The van der Waals surface area contributed by atoms with Gasteiger partial charge in [0.05, 0.1) is 26.9 Å². The lowest BCUT2D eigenvalue weighted by molar-refractivity contribution is 0.110. The van der Waals surface area contributed by atoms with Crippen molar-refractivity contribution in [3.63, 3.8) is 0 Å². The molecule has 108 valence electrons. The number of nitrogens with one attached hydrogen (secondary N) is 1. The third-order valence-corrected chi connectivity index (χ3v) is 3.09. The highest BCUT2D eigenvalue weighted by Crippen LogP contribution is 2.29. The van der Waals surface area contributed by atoms with Crippen LogP contribution in [0.15, 0.2) is 18.2 Å². The number of benzene rings is 1. The topological polar surface area (TPSA) is 39.7 Å². The molecule has 1 rings (SSSR count). The Morgan fingerprint density at radius 2 is 2.00 bits per heavy atom. The highest BCUT2D eigenvalue weighted by Gasteiger charge is 2.15. The fourth-order valence-corrected chi connectivity index (χ4v) is 1.88. The molecule has 0 aliphatic heterocycles. The predicted molar refractivity (Wildman–Crippen MR) is 77.1 cm³/mol. The van der Waals surface area contributed by atoms with Gasteiger partial charge < -0.3 is 19.5 Å². The Labute approximate surface area is 116 Å². The third-order valence-electron chi connectivity index (χ3n) is 3.09. The molecule has 4 heteroatoms. The number of methoxy groups -OCH3 is 2. The molecular formula is C15H25NO3. The van der Waals surface area contributed by atoms with Gasteiger partial charge >= 0.3 is 0 Å². The van der Waals surface area contributed by atoms with Crippen molar-refractivity contribution >= 4 is 0 Å². The van der Waals surface area contributed by atoms with Crippen molar-refractivity contribution in [1.82, 2.24) is 5.32 Å². The minimum atomic E-state index is 0.123. The summed E-state index contributed by atoms with van der Waals surface area (Å²) in [6.45, 7) is 3.59. The third kappa shape index (κ3) is 4.73. The predicted octanol–water partition coefficient (Wildman–Crippen LogP) is 2.78. The molecule has 0 radical (unpaired) electrons. The van der Waals surface area contributed by atoms with E-state index in [2.05, 4.69) is 12.2 Å². The molecule has 0 aromatic heterocycles. The zero-order valence-corrected chi connectivity index (χ0v) is 12.4. The van der Waals surface area contributed by atoms with E-state index in [9.17, 15) is 0 Å². The number of unbranched alkanes of at least 4 members (excludes halogenated alkanes) is 1. The maximum atomic E-state index is 5.69. The minimum absolute atomic E-state index is 0.123. The lowest BCUT2D eigenvalue weighted by atomic mass is 10.1. The summed E-state index contributed by atoms with van der Waals surface area (Å²) in [7, 11) is 5.25. The Hall–Kier alpha value is -1.26. The molecule has 0 spiro atoms. The van der Waals surface area contributed by atoms with Gasteiger partial charge in [0.1, 0.15) is 11.5 Å². The zero-order chi connectivity index (χ0) is 14.1. The fourth-order valence-electron chi connectivity index (χ4n) is 1.88. The fraction of sp³-hybridized carbons (Fsp3) is 0.600. The van der Waals surface area contributed by atoms with Crippen LogP contribution in [-0.2, 0) is 4.74 Å². The number of rotatable bonds is 9. The molecule has 0 saturated carbocycles. The summed E-state index contributed by atoms with van der Waals surface area (Å²) in [5, 5.41) is 3.26. The minimum Gasteiger partial charge on any atom is -0.497 e. The second-order valence-electron chi connectivity index (χ2n) is 4.38. The highest BCUT2D eigenvalue weighted by molar-refractivity contribution is 5.42. The molecule has 1 N–H and O–H groups in total. The Kier molecular flexibility index (Phi) is 7.30. The van der Waals surface area contributed by atoms with E-state index in [0.717, 1.165) is 36.5 Å². The van der Waals surface area contributed by atoms with Crippen LogP contribution in [0.2, 0.25) is 0 Å². The molecule has 19 heavy (non-hydrogen) atoms. The van der Waals surface area contributed by atoms with Crippen LogP contribution in [0.3, 0.4) is 0 Å². The average molecular weight is 267 g/mol. The van der Waals surface area contributed by atoms with Crippen molar-refractivity contribution < 1.29 is 14.2 Å². The van der Waals surface area contributed by atoms with E-state index in [1.165, 1.54) is 0 Å². The number of likely N-dealkylation sites (N-methyl/N-ethyl adjacent to an activating group) is 1. The van der Waals surface area contributed by atoms with Gasteiger partial charge in [0.2, 0.25) is 0 Å². The van der Waals surface area contributed by atoms with Gasteiger partial charge in [-0.25, -0.2) is 0 Å². The Morgan fingerprint density at radius 1 is 1.21 bits per heavy atom. The summed E-state index contributed by atoms with van der Waals surface area (Å²) in [4.78, 5) is 0. The summed E-state index contributed by atoms with van der Waals surface area (Å²) in [6, 6.07) is 5.97. The Balaban J connectivity index is 2.73. The van der Waals surface area contributed by atoms with E-state index >= 15 is 0 Å². The van der Waals surface area contributed by atoms with Crippen molar-refractivity contribution in [1.29, 1.82) is 0 Å². The van der Waals surface area contributed by atoms with Gasteiger partial charge in [0.25, 0.3) is 0 Å². The first kappa shape index (κ1) is 15.8. The molecule has 0 amide bonds. The summed E-state index contributed by atoms with van der Waals surface area (Å²) >= 11 is 0. The number of ether oxygens (including phenoxy) is 3. The van der Waals surface area contributed by atoms with Gasteiger partial charge in [-0.3, -0.25) is 0 Å². The molecular weight excluding hydrogens is 242 g/mol. The molecule has 0 aliphatic carbocycles. The van der Waals surface area contributed by atoms with Crippen LogP contribution in [0.1, 0.15) is 31.4 Å². The second-order valence-corrected chi connectivity index (χ2v) is 4.38. The summed E-state index contributed by atoms with van der Waals surface area (Å²) in [5.74, 6) is 1.61. The molecule has 0 bridgehead atoms. The quantitative estimate of drug-likeness (QED) is 0.698. The van der Waals surface area contributed by atoms with Gasteiger partial charge in [-0.1, -0.05) is 13.3 Å². The van der Waals surface area contributed by atoms with Gasteiger partial charge in [0.15, 0.2) is 0 Å². The van der Waals surface area contributed by atoms with E-state index in [4.69, 9.17) is 14.2 Å². The molecule has 0 aliphatic rings. The van der Waals surface area contributed by atoms with Crippen LogP contribution in [0.5, 0.6) is 11.5 Å². The summed E-state index contributed by atoms with van der Waals surface area (Å²) in [5.41, 5.74) is 1.09. The Morgan fingerprint density at radius 3 is 2.58 bits per heavy atom. The molecule has 0 heterocycles. The van der Waals surface area contributed by atoms with Gasteiger partial charge in [0, 0.05) is 18.2 Å². The molecule has 0 fully saturated rings. The average Bonchev–Trinajstić information content (AvgIpc) is 2.47. The molecule has 4 nitrogen and oxygen atoms in total. The lowest BCUT2D eigenvalue weighted by Gasteiger charge is -2.20. The first-order valence-electron chi connectivity index (χ1n) is 6.73. The van der Waals surface area contributed by atoms with Crippen LogP contribution >= 0.6 is 0 Å². The molecule has 1 aromatic carbocycles. The zero-order valence-electron chi connectivity index (χ0n) is 12.4. The normalized spacial score (nSPS) is 12.2. The van der Waals surface area contributed by atoms with Gasteiger partial charge in [-0.2, -0.15) is 0 Å².